The van der Waals surface area contributed by atoms with E-state index in [2.05, 4.69) is 4.98 Å². The lowest BCUT2D eigenvalue weighted by Crippen LogP contribution is -2.36. The van der Waals surface area contributed by atoms with Gasteiger partial charge in [0.05, 0.1) is 47.5 Å². The van der Waals surface area contributed by atoms with E-state index >= 15 is 0 Å². The Balaban J connectivity index is 1.52. The number of aromatic amines is 1. The first-order valence-corrected chi connectivity index (χ1v) is 17.0. The summed E-state index contributed by atoms with van der Waals surface area (Å²) in [6, 6.07) is 11.3. The second-order valence-electron chi connectivity index (χ2n) is 11.6. The predicted octanol–water partition coefficient (Wildman–Crippen LogP) is 6.01. The van der Waals surface area contributed by atoms with Crippen molar-refractivity contribution < 1.29 is 63.2 Å². The van der Waals surface area contributed by atoms with E-state index in [1.54, 1.807) is 6.07 Å². The number of nitrogens with one attached hydrogen (secondary N) is 2. The number of sulfonamides is 1. The minimum Gasteiger partial charge on any atom is -0.496 e. The Labute approximate surface area is 297 Å². The van der Waals surface area contributed by atoms with Gasteiger partial charge in [0.2, 0.25) is 10.0 Å². The zero-order chi connectivity index (χ0) is 38.9. The smallest absolute Gasteiger partial charge is 0.422 e. The van der Waals surface area contributed by atoms with Crippen LogP contribution in [0.5, 0.6) is 23.0 Å². The molecule has 0 fully saturated rings. The summed E-state index contributed by atoms with van der Waals surface area (Å²) in [7, 11) is -0.494. The summed E-state index contributed by atoms with van der Waals surface area (Å²) in [5.41, 5.74) is -0.420. The van der Waals surface area contributed by atoms with Crippen molar-refractivity contribution in [1.82, 2.24) is 14.3 Å². The van der Waals surface area contributed by atoms with E-state index in [0.717, 1.165) is 10.8 Å². The highest BCUT2D eigenvalue weighted by Gasteiger charge is 2.34. The minimum absolute atomic E-state index is 0.107. The number of benzene rings is 3. The first-order chi connectivity index (χ1) is 24.9. The zero-order valence-electron chi connectivity index (χ0n) is 28.3. The Hall–Kier alpha value is -5.43. The molecule has 0 radical (unpaired) electrons. The fourth-order valence-electron chi connectivity index (χ4n) is 5.78. The molecule has 1 amide bonds. The van der Waals surface area contributed by atoms with Gasteiger partial charge >= 0.3 is 12.4 Å². The molecule has 2 aromatic heterocycles. The fourth-order valence-corrected chi connectivity index (χ4v) is 6.89. The number of nitrogens with zero attached hydrogens (tertiary/aromatic N) is 1. The largest absolute Gasteiger partial charge is 0.496 e. The highest BCUT2D eigenvalue weighted by molar-refractivity contribution is 7.89. The number of rotatable bonds is 13. The average molecular weight is 772 g/mol. The van der Waals surface area contributed by atoms with Crippen LogP contribution in [0.1, 0.15) is 22.8 Å². The van der Waals surface area contributed by atoms with Crippen molar-refractivity contribution in [2.75, 3.05) is 34.5 Å². The molecule has 2 heterocycles. The third kappa shape index (κ3) is 8.46. The van der Waals surface area contributed by atoms with Crippen LogP contribution in [0.25, 0.3) is 27.4 Å². The molecule has 2 N–H and O–H groups in total. The number of hydrogen-bond donors (Lipinski definition) is 2. The second-order valence-corrected chi connectivity index (χ2v) is 13.3. The molecule has 5 rings (SSSR count). The monoisotopic (exact) mass is 771 g/mol. The average Bonchev–Trinajstić information content (AvgIpc) is 3.41. The van der Waals surface area contributed by atoms with Crippen LogP contribution >= 0.6 is 0 Å². The molecule has 0 spiro atoms. The molecular weight excluding hydrogens is 740 g/mol. The number of alkyl halides is 6. The lowest BCUT2D eigenvalue weighted by Gasteiger charge is -2.20. The van der Waals surface area contributed by atoms with Gasteiger partial charge in [-0.05, 0) is 48.4 Å². The minimum atomic E-state index is -4.83. The van der Waals surface area contributed by atoms with Crippen LogP contribution in [0.2, 0.25) is 0 Å². The van der Waals surface area contributed by atoms with Gasteiger partial charge in [-0.25, -0.2) is 8.42 Å². The molecule has 19 heteroatoms. The Morgan fingerprint density at radius 2 is 1.51 bits per heavy atom. The van der Waals surface area contributed by atoms with Crippen LogP contribution in [0.3, 0.4) is 0 Å². The quantitative estimate of drug-likeness (QED) is 0.137. The molecule has 5 aromatic rings. The van der Waals surface area contributed by atoms with E-state index in [-0.39, 0.29) is 50.2 Å². The van der Waals surface area contributed by atoms with E-state index in [4.69, 9.17) is 23.7 Å². The lowest BCUT2D eigenvalue weighted by molar-refractivity contribution is -0.154. The maximum absolute atomic E-state index is 13.9. The van der Waals surface area contributed by atoms with Crippen LogP contribution < -0.4 is 29.2 Å². The van der Waals surface area contributed by atoms with Crippen LogP contribution in [0, 0.1) is 6.92 Å². The summed E-state index contributed by atoms with van der Waals surface area (Å²) in [5.74, 6) is -2.36. The number of H-pyrrole nitrogens is 1. The second kappa shape index (κ2) is 14.9. The van der Waals surface area contributed by atoms with Crippen molar-refractivity contribution in [2.45, 2.75) is 31.1 Å². The van der Waals surface area contributed by atoms with Crippen molar-refractivity contribution in [1.29, 1.82) is 0 Å². The van der Waals surface area contributed by atoms with Crippen LogP contribution in [-0.2, 0) is 25.3 Å². The first kappa shape index (κ1) is 38.8. The highest BCUT2D eigenvalue weighted by Crippen LogP contribution is 2.42. The number of carbonyl (C=O) groups excluding carboxylic acids is 1. The van der Waals surface area contributed by atoms with Gasteiger partial charge in [0, 0.05) is 24.9 Å². The predicted molar refractivity (Wildman–Crippen MR) is 179 cm³/mol. The molecule has 1 unspecified atom stereocenters. The molecule has 1 atom stereocenters. The standard InChI is InChI=1S/C34H31F6N3O9S/c1-18-13-19(15-53(46,47)42-31(44)30(50-4)26-23(48-2)8-5-9-24(26)49-3)10-11-22(18)43-14-21-25(32(43)45)28(51-16-33(35,36)37)20-7-6-12-41-27(20)29(21)52-17-34(38,39)40/h5-14,30,41H,15-17H2,1-4H3,(H,42,44). The van der Waals surface area contributed by atoms with Crippen molar-refractivity contribution >= 4 is 37.6 Å². The maximum Gasteiger partial charge on any atom is 0.422 e. The summed E-state index contributed by atoms with van der Waals surface area (Å²) in [5, 5.41) is -0.901. The molecule has 0 saturated carbocycles. The molecule has 0 aliphatic rings. The van der Waals surface area contributed by atoms with Gasteiger partial charge in [-0.2, -0.15) is 26.3 Å². The first-order valence-electron chi connectivity index (χ1n) is 15.3. The fraction of sp³-hybridized carbons (Fsp3) is 0.294. The molecule has 0 aliphatic heterocycles. The Bertz CT molecular complexity index is 2310. The number of pyridine rings is 1. The summed E-state index contributed by atoms with van der Waals surface area (Å²) < 4.78 is 135. The lowest BCUT2D eigenvalue weighted by atomic mass is 10.1. The SMILES string of the molecule is COc1cccc(OC)c1C(OC)C(=O)NS(=O)(=O)Cc1ccc(-n2cc3c(OCC(F)(F)F)c4[nH]cccc4c(OCC(F)(F)F)c3c2=O)c(C)c1. The summed E-state index contributed by atoms with van der Waals surface area (Å²) in [6.45, 7) is -2.09. The molecule has 3 aromatic carbocycles. The summed E-state index contributed by atoms with van der Waals surface area (Å²) in [6.07, 6.45) is -8.68. The molecule has 0 bridgehead atoms. The third-order valence-electron chi connectivity index (χ3n) is 7.86. The summed E-state index contributed by atoms with van der Waals surface area (Å²) >= 11 is 0. The Kier molecular flexibility index (Phi) is 10.9. The number of fused-ring (bicyclic) bond motifs is 2. The molecule has 0 saturated heterocycles. The molecule has 284 valence electrons. The van der Waals surface area contributed by atoms with Gasteiger partial charge in [0.25, 0.3) is 11.5 Å². The van der Waals surface area contributed by atoms with Crippen molar-refractivity contribution in [3.8, 4) is 28.7 Å². The van der Waals surface area contributed by atoms with E-state index in [1.807, 2.05) is 4.72 Å². The number of hydrogen-bond acceptors (Lipinski definition) is 9. The van der Waals surface area contributed by atoms with E-state index in [0.29, 0.717) is 0 Å². The number of ether oxygens (including phenoxy) is 5. The van der Waals surface area contributed by atoms with Gasteiger partial charge in [-0.3, -0.25) is 18.9 Å². The Morgan fingerprint density at radius 3 is 2.08 bits per heavy atom. The normalized spacial score (nSPS) is 12.9. The zero-order valence-corrected chi connectivity index (χ0v) is 29.1. The number of methoxy groups -OCH3 is 3. The van der Waals surface area contributed by atoms with Gasteiger partial charge < -0.3 is 28.7 Å². The molecule has 0 aliphatic carbocycles. The molecule has 53 heavy (non-hydrogen) atoms. The van der Waals surface area contributed by atoms with Crippen molar-refractivity contribution in [3.63, 3.8) is 0 Å². The van der Waals surface area contributed by atoms with Gasteiger partial charge in [0.15, 0.2) is 25.1 Å². The Morgan fingerprint density at radius 1 is 0.887 bits per heavy atom. The van der Waals surface area contributed by atoms with Gasteiger partial charge in [-0.15, -0.1) is 0 Å². The third-order valence-corrected chi connectivity index (χ3v) is 9.08. The van der Waals surface area contributed by atoms with Crippen LogP contribution in [-0.4, -0.2) is 70.8 Å². The maximum atomic E-state index is 13.9. The van der Waals surface area contributed by atoms with Gasteiger partial charge in [-0.1, -0.05) is 18.2 Å². The van der Waals surface area contributed by atoms with Crippen LogP contribution in [0.4, 0.5) is 26.3 Å². The topological polar surface area (TPSA) is 147 Å². The van der Waals surface area contributed by atoms with Crippen molar-refractivity contribution in [2.24, 2.45) is 0 Å². The number of amides is 1. The highest BCUT2D eigenvalue weighted by atomic mass is 32.2. The van der Waals surface area contributed by atoms with E-state index < -0.39 is 75.8 Å². The van der Waals surface area contributed by atoms with Crippen molar-refractivity contribution in [3.05, 3.63) is 88.0 Å². The van der Waals surface area contributed by atoms with Crippen LogP contribution in [0.15, 0.2) is 65.7 Å². The number of carbonyl (C=O) groups is 1. The number of aromatic nitrogens is 2. The van der Waals surface area contributed by atoms with Gasteiger partial charge in [0.1, 0.15) is 17.2 Å². The molecule has 12 nitrogen and oxygen atoms in total. The number of aryl methyl sites for hydroxylation is 1. The number of halogens is 6. The molecular formula is C34H31F6N3O9S. The van der Waals surface area contributed by atoms with E-state index in [9.17, 15) is 44.3 Å². The van der Waals surface area contributed by atoms with E-state index in [1.165, 1.54) is 76.9 Å². The summed E-state index contributed by atoms with van der Waals surface area (Å²) in [4.78, 5) is 29.7.